The van der Waals surface area contributed by atoms with Crippen molar-refractivity contribution in [1.29, 1.82) is 0 Å². The predicted molar refractivity (Wildman–Crippen MR) is 87.4 cm³/mol. The highest BCUT2D eigenvalue weighted by molar-refractivity contribution is 5.88. The summed E-state index contributed by atoms with van der Waals surface area (Å²) in [4.78, 5) is 23.3. The third-order valence-electron chi connectivity index (χ3n) is 4.24. The van der Waals surface area contributed by atoms with Crippen LogP contribution in [0.25, 0.3) is 0 Å². The largest absolute Gasteiger partial charge is 0.478 e. The van der Waals surface area contributed by atoms with E-state index in [-0.39, 0.29) is 23.9 Å². The molecule has 4 nitrogen and oxygen atoms in total. The van der Waals surface area contributed by atoms with Crippen molar-refractivity contribution in [3.63, 3.8) is 0 Å². The number of aromatic carboxylic acids is 1. The summed E-state index contributed by atoms with van der Waals surface area (Å²) in [5, 5.41) is 12.1. The molecule has 0 fully saturated rings. The summed E-state index contributed by atoms with van der Waals surface area (Å²) >= 11 is 0. The highest BCUT2D eigenvalue weighted by atomic mass is 16.4. The SMILES string of the molecule is O=C(Cc1cccc(C(=O)O)c1)NC1CCCc2ccccc21. The number of benzene rings is 2. The Labute approximate surface area is 135 Å². The Morgan fingerprint density at radius 1 is 1.13 bits per heavy atom. The van der Waals surface area contributed by atoms with Crippen LogP contribution in [0.1, 0.15) is 45.9 Å². The van der Waals surface area contributed by atoms with Crippen molar-refractivity contribution >= 4 is 11.9 Å². The zero-order chi connectivity index (χ0) is 16.2. The second-order valence-electron chi connectivity index (χ2n) is 5.89. The van der Waals surface area contributed by atoms with Crippen LogP contribution in [0.3, 0.4) is 0 Å². The summed E-state index contributed by atoms with van der Waals surface area (Å²) in [5.41, 5.74) is 3.42. The molecule has 2 N–H and O–H groups in total. The number of carboxylic acid groups (broad SMARTS) is 1. The molecule has 3 rings (SSSR count). The van der Waals surface area contributed by atoms with Crippen molar-refractivity contribution in [3.05, 3.63) is 70.8 Å². The van der Waals surface area contributed by atoms with Crippen molar-refractivity contribution in [2.75, 3.05) is 0 Å². The second kappa shape index (κ2) is 6.65. The summed E-state index contributed by atoms with van der Waals surface area (Å²) in [6.07, 6.45) is 3.26. The summed E-state index contributed by atoms with van der Waals surface area (Å²) in [7, 11) is 0. The summed E-state index contributed by atoms with van der Waals surface area (Å²) in [6, 6.07) is 14.8. The van der Waals surface area contributed by atoms with Crippen molar-refractivity contribution < 1.29 is 14.7 Å². The van der Waals surface area contributed by atoms with Gasteiger partial charge in [-0.3, -0.25) is 4.79 Å². The van der Waals surface area contributed by atoms with Gasteiger partial charge in [-0.25, -0.2) is 4.79 Å². The highest BCUT2D eigenvalue weighted by Crippen LogP contribution is 2.29. The minimum Gasteiger partial charge on any atom is -0.478 e. The number of amides is 1. The predicted octanol–water partition coefficient (Wildman–Crippen LogP) is 3.12. The Morgan fingerprint density at radius 3 is 2.78 bits per heavy atom. The summed E-state index contributed by atoms with van der Waals surface area (Å²) < 4.78 is 0. The standard InChI is InChI=1S/C19H19NO3/c21-18(12-13-5-3-8-15(11-13)19(22)23)20-17-10-4-7-14-6-1-2-9-16(14)17/h1-3,5-6,8-9,11,17H,4,7,10,12H2,(H,20,21)(H,22,23). The summed E-state index contributed by atoms with van der Waals surface area (Å²) in [5.74, 6) is -1.05. The van der Waals surface area contributed by atoms with Crippen molar-refractivity contribution in [2.24, 2.45) is 0 Å². The number of fused-ring (bicyclic) bond motifs is 1. The van der Waals surface area contributed by atoms with Crippen LogP contribution < -0.4 is 5.32 Å². The van der Waals surface area contributed by atoms with Crippen LogP contribution in [-0.2, 0) is 17.6 Å². The van der Waals surface area contributed by atoms with Gasteiger partial charge in [-0.05, 0) is 48.1 Å². The number of carboxylic acids is 1. The van der Waals surface area contributed by atoms with E-state index in [1.54, 1.807) is 18.2 Å². The van der Waals surface area contributed by atoms with Gasteiger partial charge in [-0.1, -0.05) is 36.4 Å². The normalized spacial score (nSPS) is 16.4. The molecule has 0 aliphatic heterocycles. The van der Waals surface area contributed by atoms with Gasteiger partial charge in [0, 0.05) is 0 Å². The van der Waals surface area contributed by atoms with Crippen LogP contribution >= 0.6 is 0 Å². The molecule has 118 valence electrons. The van der Waals surface area contributed by atoms with Crippen LogP contribution in [-0.4, -0.2) is 17.0 Å². The number of hydrogen-bond acceptors (Lipinski definition) is 2. The molecule has 0 aromatic heterocycles. The van der Waals surface area contributed by atoms with E-state index in [4.69, 9.17) is 5.11 Å². The zero-order valence-electron chi connectivity index (χ0n) is 12.8. The first kappa shape index (κ1) is 15.3. The van der Waals surface area contributed by atoms with Gasteiger partial charge in [0.1, 0.15) is 0 Å². The molecule has 1 atom stereocenters. The Morgan fingerprint density at radius 2 is 1.96 bits per heavy atom. The first-order valence-corrected chi connectivity index (χ1v) is 7.83. The van der Waals surface area contributed by atoms with Gasteiger partial charge in [-0.15, -0.1) is 0 Å². The number of nitrogens with one attached hydrogen (secondary N) is 1. The lowest BCUT2D eigenvalue weighted by atomic mass is 9.87. The Balaban J connectivity index is 1.69. The third-order valence-corrected chi connectivity index (χ3v) is 4.24. The number of carbonyl (C=O) groups excluding carboxylic acids is 1. The maximum atomic E-state index is 12.3. The zero-order valence-corrected chi connectivity index (χ0v) is 12.8. The minimum atomic E-state index is -0.978. The van der Waals surface area contributed by atoms with Gasteiger partial charge in [0.05, 0.1) is 18.0 Å². The Bertz CT molecular complexity index is 739. The lowest BCUT2D eigenvalue weighted by Crippen LogP contribution is -2.32. The van der Waals surface area contributed by atoms with Gasteiger partial charge in [0.2, 0.25) is 5.91 Å². The van der Waals surface area contributed by atoms with Crippen molar-refractivity contribution in [3.8, 4) is 0 Å². The molecule has 1 aliphatic carbocycles. The van der Waals surface area contributed by atoms with Gasteiger partial charge in [0.25, 0.3) is 0 Å². The molecule has 0 saturated carbocycles. The molecule has 2 aromatic carbocycles. The van der Waals surface area contributed by atoms with Crippen LogP contribution in [0.4, 0.5) is 0 Å². The highest BCUT2D eigenvalue weighted by Gasteiger charge is 2.21. The number of hydrogen-bond donors (Lipinski definition) is 2. The lowest BCUT2D eigenvalue weighted by molar-refractivity contribution is -0.121. The van der Waals surface area contributed by atoms with Crippen molar-refractivity contribution in [1.82, 2.24) is 5.32 Å². The monoisotopic (exact) mass is 309 g/mol. The van der Waals surface area contributed by atoms with Crippen LogP contribution in [0.5, 0.6) is 0 Å². The number of rotatable bonds is 4. The molecule has 0 bridgehead atoms. The molecule has 1 unspecified atom stereocenters. The van der Waals surface area contributed by atoms with E-state index in [0.717, 1.165) is 19.3 Å². The molecule has 2 aromatic rings. The molecule has 1 amide bonds. The van der Waals surface area contributed by atoms with E-state index in [0.29, 0.717) is 5.56 Å². The first-order valence-electron chi connectivity index (χ1n) is 7.83. The fraction of sp³-hybridized carbons (Fsp3) is 0.263. The molecule has 0 spiro atoms. The minimum absolute atomic E-state index is 0.0510. The van der Waals surface area contributed by atoms with Gasteiger partial charge < -0.3 is 10.4 Å². The fourth-order valence-electron chi connectivity index (χ4n) is 3.15. The topological polar surface area (TPSA) is 66.4 Å². The quantitative estimate of drug-likeness (QED) is 0.912. The molecule has 4 heteroatoms. The van der Waals surface area contributed by atoms with Gasteiger partial charge >= 0.3 is 5.97 Å². The lowest BCUT2D eigenvalue weighted by Gasteiger charge is -2.26. The molecule has 1 aliphatic rings. The van der Waals surface area contributed by atoms with E-state index >= 15 is 0 Å². The van der Waals surface area contributed by atoms with Crippen LogP contribution in [0.2, 0.25) is 0 Å². The smallest absolute Gasteiger partial charge is 0.335 e. The first-order chi connectivity index (χ1) is 11.1. The average molecular weight is 309 g/mol. The van der Waals surface area contributed by atoms with Gasteiger partial charge in [-0.2, -0.15) is 0 Å². The summed E-state index contributed by atoms with van der Waals surface area (Å²) in [6.45, 7) is 0. The van der Waals surface area contributed by atoms with E-state index in [2.05, 4.69) is 17.4 Å². The van der Waals surface area contributed by atoms with E-state index < -0.39 is 5.97 Å². The maximum absolute atomic E-state index is 12.3. The Kier molecular flexibility index (Phi) is 4.42. The maximum Gasteiger partial charge on any atom is 0.335 e. The molecule has 0 saturated heterocycles. The van der Waals surface area contributed by atoms with Crippen LogP contribution in [0, 0.1) is 0 Å². The number of carbonyl (C=O) groups is 2. The molecular formula is C19H19NO3. The average Bonchev–Trinajstić information content (AvgIpc) is 2.55. The van der Waals surface area contributed by atoms with E-state index in [9.17, 15) is 9.59 Å². The van der Waals surface area contributed by atoms with Crippen molar-refractivity contribution in [2.45, 2.75) is 31.7 Å². The molecular weight excluding hydrogens is 290 g/mol. The van der Waals surface area contributed by atoms with Gasteiger partial charge in [0.15, 0.2) is 0 Å². The van der Waals surface area contributed by atoms with Crippen LogP contribution in [0.15, 0.2) is 48.5 Å². The molecule has 0 radical (unpaired) electrons. The van der Waals surface area contributed by atoms with E-state index in [1.807, 2.05) is 12.1 Å². The third kappa shape index (κ3) is 3.59. The second-order valence-corrected chi connectivity index (χ2v) is 5.89. The molecule has 0 heterocycles. The number of aryl methyl sites for hydroxylation is 1. The Hall–Kier alpha value is -2.62. The fourth-order valence-corrected chi connectivity index (χ4v) is 3.15. The molecule has 23 heavy (non-hydrogen) atoms. The van der Waals surface area contributed by atoms with E-state index in [1.165, 1.54) is 17.2 Å².